The van der Waals surface area contributed by atoms with Crippen LogP contribution < -0.4 is 15.8 Å². The molecule has 0 saturated heterocycles. The van der Waals surface area contributed by atoms with Gasteiger partial charge in [-0.15, -0.1) is 0 Å². The van der Waals surface area contributed by atoms with Crippen molar-refractivity contribution >= 4 is 17.6 Å². The molecule has 1 heterocycles. The Kier molecular flexibility index (Phi) is 2.98. The lowest BCUT2D eigenvalue weighted by atomic mass is 9.84. The van der Waals surface area contributed by atoms with Crippen LogP contribution in [0.25, 0.3) is 0 Å². The van der Waals surface area contributed by atoms with E-state index in [-0.39, 0.29) is 36.0 Å². The monoisotopic (exact) mass is 314 g/mol. The number of rotatable bonds is 3. The van der Waals surface area contributed by atoms with Gasteiger partial charge in [-0.3, -0.25) is 14.4 Å². The van der Waals surface area contributed by atoms with Crippen molar-refractivity contribution in [2.45, 2.75) is 24.9 Å². The molecule has 2 aliphatic carbocycles. The van der Waals surface area contributed by atoms with Crippen LogP contribution in [0.5, 0.6) is 5.75 Å². The first-order valence-electron chi connectivity index (χ1n) is 7.89. The number of carbonyl (C=O) groups is 3. The Morgan fingerprint density at radius 2 is 2.13 bits per heavy atom. The number of carbonyl (C=O) groups excluding carboxylic acids is 3. The second kappa shape index (κ2) is 4.81. The molecule has 4 atom stereocenters. The summed E-state index contributed by atoms with van der Waals surface area (Å²) in [5.41, 5.74) is 5.12. The van der Waals surface area contributed by atoms with Crippen LogP contribution in [0.3, 0.4) is 0 Å². The molecule has 1 spiro atoms. The van der Waals surface area contributed by atoms with Crippen molar-refractivity contribution in [2.24, 2.45) is 23.5 Å². The quantitative estimate of drug-likeness (QED) is 0.855. The third-order valence-electron chi connectivity index (χ3n) is 5.38. The zero-order valence-corrected chi connectivity index (χ0v) is 12.6. The number of hydrogen-bond donors (Lipinski definition) is 2. The Bertz CT molecular complexity index is 716. The number of nitrogens with two attached hydrogens (primary N) is 1. The Morgan fingerprint density at radius 3 is 2.91 bits per heavy atom. The summed E-state index contributed by atoms with van der Waals surface area (Å²) in [5, 5.41) is 2.57. The molecule has 1 aromatic carbocycles. The van der Waals surface area contributed by atoms with Crippen LogP contribution in [0.1, 0.15) is 29.6 Å². The summed E-state index contributed by atoms with van der Waals surface area (Å²) in [5.74, 6) is 0.0859. The summed E-state index contributed by atoms with van der Waals surface area (Å²) < 4.78 is 6.22. The van der Waals surface area contributed by atoms with E-state index >= 15 is 0 Å². The van der Waals surface area contributed by atoms with Gasteiger partial charge in [-0.2, -0.15) is 0 Å². The summed E-state index contributed by atoms with van der Waals surface area (Å²) in [6, 6.07) is 7.27. The van der Waals surface area contributed by atoms with Crippen molar-refractivity contribution in [1.82, 2.24) is 5.32 Å². The molecule has 1 aromatic rings. The van der Waals surface area contributed by atoms with Crippen molar-refractivity contribution in [3.63, 3.8) is 0 Å². The Labute approximate surface area is 133 Å². The molecule has 4 rings (SSSR count). The first-order chi connectivity index (χ1) is 11.0. The van der Waals surface area contributed by atoms with Gasteiger partial charge in [0.15, 0.2) is 5.78 Å². The number of para-hydroxylation sites is 1. The molecule has 3 N–H and O–H groups in total. The average Bonchev–Trinajstić information content (AvgIpc) is 3.17. The number of amides is 2. The molecule has 2 amide bonds. The molecule has 0 aromatic heterocycles. The Balaban J connectivity index is 1.54. The number of benzene rings is 1. The standard InChI is InChI=1S/C17H18N2O4/c18-13(21)8-19-16(22)14-10-5-6-17(15(10)14)7-11(20)9-3-1-2-4-12(9)23-17/h1-4,10,14-15H,5-8H2,(H2,18,21)(H,19,22). The van der Waals surface area contributed by atoms with E-state index in [2.05, 4.69) is 5.32 Å². The normalized spacial score (nSPS) is 33.6. The molecule has 2 fully saturated rings. The smallest absolute Gasteiger partial charge is 0.236 e. The summed E-state index contributed by atoms with van der Waals surface area (Å²) in [4.78, 5) is 35.5. The highest BCUT2D eigenvalue weighted by molar-refractivity contribution is 6.00. The van der Waals surface area contributed by atoms with Crippen LogP contribution in [-0.4, -0.2) is 29.7 Å². The number of fused-ring (bicyclic) bond motifs is 3. The van der Waals surface area contributed by atoms with Gasteiger partial charge in [-0.25, -0.2) is 0 Å². The first-order valence-corrected chi connectivity index (χ1v) is 7.89. The maximum absolute atomic E-state index is 12.5. The van der Waals surface area contributed by atoms with E-state index < -0.39 is 11.5 Å². The minimum Gasteiger partial charge on any atom is -0.486 e. The van der Waals surface area contributed by atoms with Crippen molar-refractivity contribution in [3.8, 4) is 5.75 Å². The largest absolute Gasteiger partial charge is 0.486 e. The van der Waals surface area contributed by atoms with Crippen molar-refractivity contribution in [3.05, 3.63) is 29.8 Å². The van der Waals surface area contributed by atoms with Crippen LogP contribution in [0, 0.1) is 17.8 Å². The van der Waals surface area contributed by atoms with Crippen molar-refractivity contribution in [2.75, 3.05) is 6.54 Å². The lowest BCUT2D eigenvalue weighted by Crippen LogP contribution is -2.45. The molecule has 6 heteroatoms. The second-order valence-electron chi connectivity index (χ2n) is 6.70. The SMILES string of the molecule is NC(=O)CNC(=O)C1C2CCC3(CC(=O)c4ccccc4O3)C21. The third-order valence-corrected chi connectivity index (χ3v) is 5.38. The van der Waals surface area contributed by atoms with E-state index in [1.165, 1.54) is 0 Å². The maximum atomic E-state index is 12.5. The Hall–Kier alpha value is -2.37. The van der Waals surface area contributed by atoms with Gasteiger partial charge in [0.25, 0.3) is 0 Å². The van der Waals surface area contributed by atoms with Crippen LogP contribution >= 0.6 is 0 Å². The highest BCUT2D eigenvalue weighted by Crippen LogP contribution is 2.65. The fourth-order valence-corrected chi connectivity index (χ4v) is 4.41. The van der Waals surface area contributed by atoms with Gasteiger partial charge >= 0.3 is 0 Å². The third kappa shape index (κ3) is 2.12. The number of ketones is 1. The molecule has 2 saturated carbocycles. The minimum absolute atomic E-state index is 0.0488. The molecule has 4 unspecified atom stereocenters. The molecule has 23 heavy (non-hydrogen) atoms. The van der Waals surface area contributed by atoms with E-state index in [1.54, 1.807) is 6.07 Å². The Morgan fingerprint density at radius 1 is 1.35 bits per heavy atom. The molecular weight excluding hydrogens is 296 g/mol. The highest BCUT2D eigenvalue weighted by Gasteiger charge is 2.70. The number of Topliss-reactive ketones (excluding diaryl/α,β-unsaturated/α-hetero) is 1. The lowest BCUT2D eigenvalue weighted by molar-refractivity contribution is -0.127. The van der Waals surface area contributed by atoms with Gasteiger partial charge in [0.1, 0.15) is 11.4 Å². The van der Waals surface area contributed by atoms with E-state index in [1.807, 2.05) is 18.2 Å². The zero-order valence-electron chi connectivity index (χ0n) is 12.6. The van der Waals surface area contributed by atoms with Gasteiger partial charge in [0, 0.05) is 11.8 Å². The van der Waals surface area contributed by atoms with Gasteiger partial charge in [0.05, 0.1) is 18.5 Å². The van der Waals surface area contributed by atoms with Gasteiger partial charge in [-0.05, 0) is 30.9 Å². The lowest BCUT2D eigenvalue weighted by Gasteiger charge is -2.37. The zero-order chi connectivity index (χ0) is 16.2. The predicted molar refractivity (Wildman–Crippen MR) is 80.7 cm³/mol. The highest BCUT2D eigenvalue weighted by atomic mass is 16.5. The van der Waals surface area contributed by atoms with Crippen molar-refractivity contribution in [1.29, 1.82) is 0 Å². The van der Waals surface area contributed by atoms with E-state index in [0.29, 0.717) is 17.7 Å². The number of primary amides is 1. The molecule has 1 aliphatic heterocycles. The summed E-state index contributed by atoms with van der Waals surface area (Å²) >= 11 is 0. The number of ether oxygens (including phenoxy) is 1. The molecular formula is C17H18N2O4. The van der Waals surface area contributed by atoms with Crippen LogP contribution in [-0.2, 0) is 9.59 Å². The van der Waals surface area contributed by atoms with Crippen LogP contribution in [0.2, 0.25) is 0 Å². The van der Waals surface area contributed by atoms with E-state index in [4.69, 9.17) is 10.5 Å². The van der Waals surface area contributed by atoms with E-state index in [9.17, 15) is 14.4 Å². The van der Waals surface area contributed by atoms with Crippen molar-refractivity contribution < 1.29 is 19.1 Å². The summed E-state index contributed by atoms with van der Waals surface area (Å²) in [6.45, 7) is -0.148. The van der Waals surface area contributed by atoms with Gasteiger partial charge in [-0.1, -0.05) is 12.1 Å². The number of hydrogen-bond acceptors (Lipinski definition) is 4. The molecule has 0 bridgehead atoms. The maximum Gasteiger partial charge on any atom is 0.236 e. The molecule has 3 aliphatic rings. The minimum atomic E-state index is -0.565. The predicted octanol–water partition coefficient (Wildman–Crippen LogP) is 0.648. The topological polar surface area (TPSA) is 98.5 Å². The summed E-state index contributed by atoms with van der Waals surface area (Å²) in [7, 11) is 0. The van der Waals surface area contributed by atoms with Gasteiger partial charge in [0.2, 0.25) is 11.8 Å². The fraction of sp³-hybridized carbons (Fsp3) is 0.471. The molecule has 0 radical (unpaired) electrons. The number of nitrogens with one attached hydrogen (secondary N) is 1. The average molecular weight is 314 g/mol. The molecule has 6 nitrogen and oxygen atoms in total. The van der Waals surface area contributed by atoms with Gasteiger partial charge < -0.3 is 15.8 Å². The fourth-order valence-electron chi connectivity index (χ4n) is 4.41. The summed E-state index contributed by atoms with van der Waals surface area (Å²) in [6.07, 6.45) is 1.99. The second-order valence-corrected chi connectivity index (χ2v) is 6.70. The van der Waals surface area contributed by atoms with Crippen LogP contribution in [0.15, 0.2) is 24.3 Å². The van der Waals surface area contributed by atoms with E-state index in [0.717, 1.165) is 12.8 Å². The van der Waals surface area contributed by atoms with Crippen LogP contribution in [0.4, 0.5) is 0 Å². The first kappa shape index (κ1) is 14.2. The molecule has 120 valence electrons.